The van der Waals surface area contributed by atoms with Gasteiger partial charge in [-0.05, 0) is 80.9 Å². The predicted octanol–water partition coefficient (Wildman–Crippen LogP) is 7.86. The molecule has 242 valence electrons. The van der Waals surface area contributed by atoms with Gasteiger partial charge in [0.05, 0.1) is 18.8 Å². The van der Waals surface area contributed by atoms with Gasteiger partial charge in [-0.25, -0.2) is 4.79 Å². The van der Waals surface area contributed by atoms with E-state index in [0.29, 0.717) is 34.7 Å². The lowest BCUT2D eigenvalue weighted by Crippen LogP contribution is -2.57. The minimum atomic E-state index is -0.373. The molecule has 4 aliphatic heterocycles. The maximum atomic E-state index is 12.5. The Morgan fingerprint density at radius 2 is 1.89 bits per heavy atom. The van der Waals surface area contributed by atoms with Gasteiger partial charge in [0.1, 0.15) is 5.76 Å². The van der Waals surface area contributed by atoms with E-state index in [1.54, 1.807) is 14.0 Å². The minimum Gasteiger partial charge on any atom is -0.492 e. The topological polar surface area (TPSA) is 68.2 Å². The molecular formula is C38H55NO5. The summed E-state index contributed by atoms with van der Waals surface area (Å²) >= 11 is 0. The number of esters is 1. The van der Waals surface area contributed by atoms with Gasteiger partial charge in [-0.15, -0.1) is 0 Å². The van der Waals surface area contributed by atoms with E-state index in [1.165, 1.54) is 30.4 Å². The normalized spacial score (nSPS) is 29.6. The molecule has 0 spiro atoms. The Hall–Kier alpha value is -2.57. The molecule has 6 atom stereocenters. The molecular weight excluding hydrogens is 550 g/mol. The van der Waals surface area contributed by atoms with Crippen LogP contribution in [0.4, 0.5) is 0 Å². The number of hydrogen-bond acceptors (Lipinski definition) is 6. The maximum Gasteiger partial charge on any atom is 0.343 e. The molecule has 0 saturated carbocycles. The number of aliphatic hydroxyl groups is 1. The van der Waals surface area contributed by atoms with E-state index >= 15 is 0 Å². The zero-order valence-electron chi connectivity index (χ0n) is 27.9. The van der Waals surface area contributed by atoms with Crippen LogP contribution in [0.2, 0.25) is 0 Å². The van der Waals surface area contributed by atoms with Crippen LogP contribution in [-0.2, 0) is 31.8 Å². The van der Waals surface area contributed by atoms with Gasteiger partial charge >= 0.3 is 5.97 Å². The van der Waals surface area contributed by atoms with Crippen molar-refractivity contribution in [2.24, 2.45) is 23.7 Å². The van der Waals surface area contributed by atoms with Gasteiger partial charge < -0.3 is 19.3 Å². The Balaban J connectivity index is 1.43. The first-order valence-electron chi connectivity index (χ1n) is 17.3. The second kappa shape index (κ2) is 14.7. The summed E-state index contributed by atoms with van der Waals surface area (Å²) in [5.41, 5.74) is 3.33. The molecule has 0 radical (unpaired) electrons. The summed E-state index contributed by atoms with van der Waals surface area (Å²) in [5, 5.41) is 11.7. The van der Waals surface area contributed by atoms with E-state index in [1.807, 2.05) is 0 Å². The zero-order valence-corrected chi connectivity index (χ0v) is 27.9. The average molecular weight is 606 g/mol. The summed E-state index contributed by atoms with van der Waals surface area (Å²) in [7, 11) is 1.58. The molecule has 2 saturated heterocycles. The molecule has 4 aliphatic rings. The van der Waals surface area contributed by atoms with Crippen LogP contribution in [0.15, 0.2) is 59.0 Å². The van der Waals surface area contributed by atoms with Crippen molar-refractivity contribution in [2.45, 2.75) is 123 Å². The van der Waals surface area contributed by atoms with Crippen LogP contribution < -0.4 is 0 Å². The van der Waals surface area contributed by atoms with Crippen LogP contribution in [0.5, 0.6) is 0 Å². The van der Waals surface area contributed by atoms with Crippen LogP contribution in [0.3, 0.4) is 0 Å². The first-order valence-corrected chi connectivity index (χ1v) is 17.3. The molecule has 0 aliphatic carbocycles. The van der Waals surface area contributed by atoms with Gasteiger partial charge in [-0.3, -0.25) is 4.90 Å². The number of nitrogens with zero attached hydrogens (tertiary/aromatic N) is 1. The van der Waals surface area contributed by atoms with Crippen molar-refractivity contribution in [1.29, 1.82) is 0 Å². The van der Waals surface area contributed by atoms with Crippen molar-refractivity contribution in [2.75, 3.05) is 13.7 Å². The average Bonchev–Trinajstić information content (AvgIpc) is 3.39. The molecule has 0 amide bonds. The van der Waals surface area contributed by atoms with Gasteiger partial charge in [0.2, 0.25) is 5.76 Å². The molecule has 1 N–H and O–H groups in total. The smallest absolute Gasteiger partial charge is 0.343 e. The molecule has 44 heavy (non-hydrogen) atoms. The predicted molar refractivity (Wildman–Crippen MR) is 174 cm³/mol. The number of benzene rings is 1. The molecule has 5 rings (SSSR count). The highest BCUT2D eigenvalue weighted by Crippen LogP contribution is 2.50. The number of methoxy groups -OCH3 is 1. The number of aliphatic hydroxyl groups excluding tert-OH is 1. The first kappa shape index (κ1) is 32.8. The zero-order chi connectivity index (χ0) is 31.4. The number of fused-ring (bicyclic) bond motifs is 3. The summed E-state index contributed by atoms with van der Waals surface area (Å²) < 4.78 is 17.9. The highest BCUT2D eigenvalue weighted by Gasteiger charge is 2.51. The molecule has 4 heterocycles. The number of piperidine rings is 1. The second-order valence-electron chi connectivity index (χ2n) is 14.1. The number of allylic oxidation sites excluding steroid dienone is 1. The van der Waals surface area contributed by atoms with Crippen LogP contribution in [0.1, 0.15) is 104 Å². The number of rotatable bonds is 12. The van der Waals surface area contributed by atoms with Crippen LogP contribution in [0, 0.1) is 23.7 Å². The molecule has 1 aromatic rings. The molecule has 0 bridgehead atoms. The molecule has 6 heteroatoms. The number of aryl methyl sites for hydroxylation is 1. The largest absolute Gasteiger partial charge is 0.492 e. The Kier molecular flexibility index (Phi) is 10.9. The summed E-state index contributed by atoms with van der Waals surface area (Å²) in [4.78, 5) is 15.1. The second-order valence-corrected chi connectivity index (χ2v) is 14.1. The standard InChI is InChI=1S/C38H55NO5/c1-7-8-9-14-27-15-11-16-28(20-27)21-29-22-30(32(40)17-10-13-24(2)3)39-19-12-18-33-34(31(39)23-29)25(4)36(43-33)37-35(42-6)26(5)38(41)44-37/h11,15-16,18,20,24-25,29-32,34,40H,7-10,12-14,17,19,21-23H2,1-6H3. The summed E-state index contributed by atoms with van der Waals surface area (Å²) in [6, 6.07) is 9.58. The van der Waals surface area contributed by atoms with Crippen LogP contribution >= 0.6 is 0 Å². The van der Waals surface area contributed by atoms with Crippen molar-refractivity contribution >= 4 is 5.97 Å². The van der Waals surface area contributed by atoms with Gasteiger partial charge in [0.15, 0.2) is 11.5 Å². The van der Waals surface area contributed by atoms with Crippen LogP contribution in [-0.4, -0.2) is 47.8 Å². The third-order valence-corrected chi connectivity index (χ3v) is 10.4. The maximum absolute atomic E-state index is 12.5. The fourth-order valence-electron chi connectivity index (χ4n) is 8.17. The van der Waals surface area contributed by atoms with Gasteiger partial charge in [0.25, 0.3) is 0 Å². The van der Waals surface area contributed by atoms with E-state index in [-0.39, 0.29) is 36.0 Å². The SMILES string of the molecule is CCCCCc1cccc(CC2CC(C(O)CCCC(C)C)N3CCC=C4OC(=C5OC(=O)C(C)=C5OC)C(C)C4C3C2)c1. The Morgan fingerprint density at radius 1 is 1.09 bits per heavy atom. The van der Waals surface area contributed by atoms with Crippen LogP contribution in [0.25, 0.3) is 0 Å². The summed E-state index contributed by atoms with van der Waals surface area (Å²) in [5.74, 6) is 3.47. The fourth-order valence-corrected chi connectivity index (χ4v) is 8.17. The highest BCUT2D eigenvalue weighted by atomic mass is 16.6. The first-order chi connectivity index (χ1) is 21.2. The van der Waals surface area contributed by atoms with Crippen molar-refractivity contribution in [3.63, 3.8) is 0 Å². The fraction of sp³-hybridized carbons (Fsp3) is 0.658. The summed E-state index contributed by atoms with van der Waals surface area (Å²) in [6.07, 6.45) is 13.8. The lowest BCUT2D eigenvalue weighted by molar-refractivity contribution is -0.133. The van der Waals surface area contributed by atoms with E-state index in [0.717, 1.165) is 63.7 Å². The molecule has 0 aromatic heterocycles. The quantitative estimate of drug-likeness (QED) is 0.193. The van der Waals surface area contributed by atoms with E-state index < -0.39 is 0 Å². The number of ether oxygens (including phenoxy) is 3. The van der Waals surface area contributed by atoms with Gasteiger partial charge in [-0.1, -0.05) is 77.6 Å². The lowest BCUT2D eigenvalue weighted by atomic mass is 9.73. The number of carbonyl (C=O) groups is 1. The molecule has 2 fully saturated rings. The molecule has 1 aromatic carbocycles. The molecule has 6 unspecified atom stereocenters. The third-order valence-electron chi connectivity index (χ3n) is 10.4. The Bertz CT molecular complexity index is 1260. The van der Waals surface area contributed by atoms with Gasteiger partial charge in [0, 0.05) is 30.5 Å². The number of carbonyl (C=O) groups excluding carboxylic acids is 1. The number of cyclic esters (lactones) is 1. The Morgan fingerprint density at radius 3 is 2.64 bits per heavy atom. The molecule has 6 nitrogen and oxygen atoms in total. The Labute approximate surface area is 265 Å². The monoisotopic (exact) mass is 605 g/mol. The van der Waals surface area contributed by atoms with E-state index in [9.17, 15) is 9.90 Å². The van der Waals surface area contributed by atoms with E-state index in [4.69, 9.17) is 14.2 Å². The van der Waals surface area contributed by atoms with Gasteiger partial charge in [-0.2, -0.15) is 0 Å². The van der Waals surface area contributed by atoms with Crippen molar-refractivity contribution in [1.82, 2.24) is 4.90 Å². The van der Waals surface area contributed by atoms with Crippen molar-refractivity contribution in [3.05, 3.63) is 70.1 Å². The minimum absolute atomic E-state index is 0.0186. The van der Waals surface area contributed by atoms with Crippen molar-refractivity contribution < 1.29 is 24.1 Å². The van der Waals surface area contributed by atoms with E-state index in [2.05, 4.69) is 62.9 Å². The van der Waals surface area contributed by atoms with Crippen molar-refractivity contribution in [3.8, 4) is 0 Å². The summed E-state index contributed by atoms with van der Waals surface area (Å²) in [6.45, 7) is 11.6. The number of unbranched alkanes of at least 4 members (excludes halogenated alkanes) is 2. The number of hydrogen-bond donors (Lipinski definition) is 1. The highest BCUT2D eigenvalue weighted by molar-refractivity contribution is 5.93. The third kappa shape index (κ3) is 7.12. The lowest BCUT2D eigenvalue weighted by Gasteiger charge is -2.49.